The average molecular weight is 270 g/mol. The Balaban J connectivity index is 2.12. The minimum atomic E-state index is -0.191. The number of carbonyl (C=O) groups excluding carboxylic acids is 1. The molecule has 2 aromatic carbocycles. The molecule has 104 valence electrons. The molecule has 0 aromatic heterocycles. The summed E-state index contributed by atoms with van der Waals surface area (Å²) in [6, 6.07) is 14.9. The molecule has 4 nitrogen and oxygen atoms in total. The normalized spacial score (nSPS) is 9.95. The number of methoxy groups -OCH3 is 1. The van der Waals surface area contributed by atoms with Gasteiger partial charge in [-0.25, -0.2) is 4.79 Å². The van der Waals surface area contributed by atoms with Gasteiger partial charge in [-0.2, -0.15) is 0 Å². The number of carbonyl (C=O) groups is 1. The minimum absolute atomic E-state index is 0.191. The number of benzene rings is 2. The predicted octanol–water partition coefficient (Wildman–Crippen LogP) is 3.67. The van der Waals surface area contributed by atoms with E-state index >= 15 is 0 Å². The Labute approximate surface area is 119 Å². The van der Waals surface area contributed by atoms with Gasteiger partial charge in [-0.05, 0) is 36.8 Å². The van der Waals surface area contributed by atoms with Crippen molar-refractivity contribution in [2.75, 3.05) is 24.4 Å². The van der Waals surface area contributed by atoms with Crippen LogP contribution < -0.4 is 15.0 Å². The molecule has 2 rings (SSSR count). The lowest BCUT2D eigenvalue weighted by Crippen LogP contribution is -2.31. The number of anilines is 2. The molecule has 0 aliphatic carbocycles. The van der Waals surface area contributed by atoms with E-state index in [4.69, 9.17) is 4.74 Å². The van der Waals surface area contributed by atoms with Gasteiger partial charge in [0.05, 0.1) is 7.11 Å². The van der Waals surface area contributed by atoms with Gasteiger partial charge in [-0.1, -0.05) is 18.2 Å². The molecular formula is C16H18N2O2. The largest absolute Gasteiger partial charge is 0.497 e. The summed E-state index contributed by atoms with van der Waals surface area (Å²) in [5, 5.41) is 2.86. The highest BCUT2D eigenvalue weighted by atomic mass is 16.5. The number of urea groups is 1. The molecule has 0 fully saturated rings. The van der Waals surface area contributed by atoms with E-state index in [1.165, 1.54) is 0 Å². The van der Waals surface area contributed by atoms with E-state index in [0.717, 1.165) is 22.7 Å². The number of aryl methyl sites for hydroxylation is 1. The summed E-state index contributed by atoms with van der Waals surface area (Å²) in [7, 11) is 3.33. The minimum Gasteiger partial charge on any atom is -0.497 e. The Morgan fingerprint density at radius 3 is 2.60 bits per heavy atom. The van der Waals surface area contributed by atoms with Gasteiger partial charge in [0, 0.05) is 24.5 Å². The number of nitrogens with zero attached hydrogens (tertiary/aromatic N) is 1. The molecule has 2 aromatic rings. The highest BCUT2D eigenvalue weighted by Crippen LogP contribution is 2.20. The van der Waals surface area contributed by atoms with Gasteiger partial charge in [0.25, 0.3) is 0 Å². The van der Waals surface area contributed by atoms with E-state index in [0.29, 0.717) is 0 Å². The lowest BCUT2D eigenvalue weighted by molar-refractivity contribution is 0.258. The van der Waals surface area contributed by atoms with Crippen molar-refractivity contribution in [3.8, 4) is 5.75 Å². The van der Waals surface area contributed by atoms with Crippen molar-refractivity contribution in [3.63, 3.8) is 0 Å². The number of amides is 2. The third-order valence-corrected chi connectivity index (χ3v) is 3.01. The Hall–Kier alpha value is -2.49. The molecule has 4 heteroatoms. The van der Waals surface area contributed by atoms with E-state index < -0.39 is 0 Å². The third-order valence-electron chi connectivity index (χ3n) is 3.01. The van der Waals surface area contributed by atoms with Gasteiger partial charge in [-0.3, -0.25) is 4.90 Å². The van der Waals surface area contributed by atoms with Gasteiger partial charge in [-0.15, -0.1) is 0 Å². The lowest BCUT2D eigenvalue weighted by atomic mass is 10.2. The zero-order valence-electron chi connectivity index (χ0n) is 11.9. The fourth-order valence-electron chi connectivity index (χ4n) is 1.87. The van der Waals surface area contributed by atoms with Crippen LogP contribution in [0.5, 0.6) is 5.75 Å². The van der Waals surface area contributed by atoms with Crippen molar-refractivity contribution in [2.45, 2.75) is 6.92 Å². The van der Waals surface area contributed by atoms with Gasteiger partial charge in [0.1, 0.15) is 5.75 Å². The van der Waals surface area contributed by atoms with E-state index in [-0.39, 0.29) is 6.03 Å². The number of hydrogen-bond donors (Lipinski definition) is 1. The summed E-state index contributed by atoms with van der Waals surface area (Å²) in [6.45, 7) is 1.99. The van der Waals surface area contributed by atoms with Crippen LogP contribution >= 0.6 is 0 Å². The van der Waals surface area contributed by atoms with E-state index in [1.54, 1.807) is 19.1 Å². The zero-order chi connectivity index (χ0) is 14.5. The Bertz CT molecular complexity index is 611. The molecule has 0 bridgehead atoms. The van der Waals surface area contributed by atoms with Crippen molar-refractivity contribution in [1.82, 2.24) is 0 Å². The summed E-state index contributed by atoms with van der Waals surface area (Å²) in [6.07, 6.45) is 0. The fraction of sp³-hybridized carbons (Fsp3) is 0.188. The number of rotatable bonds is 3. The van der Waals surface area contributed by atoms with Gasteiger partial charge in [0.15, 0.2) is 0 Å². The van der Waals surface area contributed by atoms with Crippen molar-refractivity contribution in [2.24, 2.45) is 0 Å². The van der Waals surface area contributed by atoms with Crippen molar-refractivity contribution >= 4 is 17.4 Å². The van der Waals surface area contributed by atoms with Crippen LogP contribution in [-0.4, -0.2) is 20.2 Å². The Morgan fingerprint density at radius 2 is 1.90 bits per heavy atom. The zero-order valence-corrected chi connectivity index (χ0v) is 11.9. The van der Waals surface area contributed by atoms with Crippen LogP contribution in [0.2, 0.25) is 0 Å². The Kier molecular flexibility index (Phi) is 4.25. The number of ether oxygens (including phenoxy) is 1. The fourth-order valence-corrected chi connectivity index (χ4v) is 1.87. The molecule has 0 heterocycles. The van der Waals surface area contributed by atoms with Gasteiger partial charge >= 0.3 is 6.03 Å². The maximum atomic E-state index is 12.2. The molecular weight excluding hydrogens is 252 g/mol. The first-order chi connectivity index (χ1) is 9.60. The molecule has 0 radical (unpaired) electrons. The molecule has 0 aliphatic rings. The summed E-state index contributed by atoms with van der Waals surface area (Å²) in [5.41, 5.74) is 2.66. The van der Waals surface area contributed by atoms with Gasteiger partial charge < -0.3 is 10.1 Å². The molecule has 0 saturated heterocycles. The third kappa shape index (κ3) is 3.29. The maximum absolute atomic E-state index is 12.2. The first-order valence-electron chi connectivity index (χ1n) is 6.35. The van der Waals surface area contributed by atoms with Crippen LogP contribution in [0.3, 0.4) is 0 Å². The first kappa shape index (κ1) is 13.9. The predicted molar refractivity (Wildman–Crippen MR) is 81.6 cm³/mol. The smallest absolute Gasteiger partial charge is 0.326 e. The highest BCUT2D eigenvalue weighted by Gasteiger charge is 2.11. The summed E-state index contributed by atoms with van der Waals surface area (Å²) in [4.78, 5) is 13.7. The molecule has 0 spiro atoms. The molecule has 0 aliphatic heterocycles. The maximum Gasteiger partial charge on any atom is 0.326 e. The van der Waals surface area contributed by atoms with Gasteiger partial charge in [0.2, 0.25) is 0 Å². The lowest BCUT2D eigenvalue weighted by Gasteiger charge is -2.18. The molecule has 0 atom stereocenters. The molecule has 0 unspecified atom stereocenters. The van der Waals surface area contributed by atoms with E-state index in [1.807, 2.05) is 55.5 Å². The SMILES string of the molecule is COc1cccc(N(C)C(=O)Nc2cccc(C)c2)c1. The summed E-state index contributed by atoms with van der Waals surface area (Å²) in [5.74, 6) is 0.720. The van der Waals surface area contributed by atoms with Crippen LogP contribution in [0.4, 0.5) is 16.2 Å². The van der Waals surface area contributed by atoms with E-state index in [9.17, 15) is 4.79 Å². The molecule has 1 N–H and O–H groups in total. The topological polar surface area (TPSA) is 41.6 Å². The first-order valence-corrected chi connectivity index (χ1v) is 6.35. The van der Waals surface area contributed by atoms with Crippen molar-refractivity contribution < 1.29 is 9.53 Å². The van der Waals surface area contributed by atoms with Crippen LogP contribution in [0.15, 0.2) is 48.5 Å². The van der Waals surface area contributed by atoms with Crippen LogP contribution in [0.1, 0.15) is 5.56 Å². The van der Waals surface area contributed by atoms with Crippen molar-refractivity contribution in [3.05, 3.63) is 54.1 Å². The second-order valence-electron chi connectivity index (χ2n) is 4.56. The van der Waals surface area contributed by atoms with Crippen LogP contribution in [-0.2, 0) is 0 Å². The summed E-state index contributed by atoms with van der Waals surface area (Å²) < 4.78 is 5.16. The number of nitrogens with one attached hydrogen (secondary N) is 1. The van der Waals surface area contributed by atoms with Crippen LogP contribution in [0, 0.1) is 6.92 Å². The monoisotopic (exact) mass is 270 g/mol. The second-order valence-corrected chi connectivity index (χ2v) is 4.56. The summed E-state index contributed by atoms with van der Waals surface area (Å²) >= 11 is 0. The highest BCUT2D eigenvalue weighted by molar-refractivity contribution is 6.01. The quantitative estimate of drug-likeness (QED) is 0.924. The van der Waals surface area contributed by atoms with E-state index in [2.05, 4.69) is 5.32 Å². The average Bonchev–Trinajstić information content (AvgIpc) is 2.46. The molecule has 0 saturated carbocycles. The number of hydrogen-bond acceptors (Lipinski definition) is 2. The molecule has 20 heavy (non-hydrogen) atoms. The second kappa shape index (κ2) is 6.10. The van der Waals surface area contributed by atoms with Crippen molar-refractivity contribution in [1.29, 1.82) is 0 Å². The Morgan fingerprint density at radius 1 is 1.15 bits per heavy atom. The van der Waals surface area contributed by atoms with Crippen LogP contribution in [0.25, 0.3) is 0 Å². The molecule has 2 amide bonds. The standard InChI is InChI=1S/C16H18N2O2/c1-12-6-4-7-13(10-12)17-16(19)18(2)14-8-5-9-15(11-14)20-3/h4-11H,1-3H3,(H,17,19).